The molecular formula is C12H14Br2FN3O2. The molecule has 1 aromatic heterocycles. The number of nitrogen functional groups attached to an aromatic ring is 1. The third kappa shape index (κ3) is 4.52. The van der Waals surface area contributed by atoms with Gasteiger partial charge in [-0.3, -0.25) is 9.59 Å². The quantitative estimate of drug-likeness (QED) is 0.570. The van der Waals surface area contributed by atoms with Gasteiger partial charge >= 0.3 is 0 Å². The Morgan fingerprint density at radius 2 is 1.80 bits per heavy atom. The number of amides is 2. The van der Waals surface area contributed by atoms with Crippen LogP contribution in [0, 0.1) is 0 Å². The lowest BCUT2D eigenvalue weighted by atomic mass is 10.1. The first-order chi connectivity index (χ1) is 9.12. The van der Waals surface area contributed by atoms with Gasteiger partial charge < -0.3 is 5.73 Å². The summed E-state index contributed by atoms with van der Waals surface area (Å²) in [5.41, 5.74) is 4.30. The Balaban J connectivity index is 0.000000217. The molecule has 1 fully saturated rings. The maximum absolute atomic E-state index is 13.4. The van der Waals surface area contributed by atoms with Gasteiger partial charge in [-0.1, -0.05) is 0 Å². The van der Waals surface area contributed by atoms with Crippen molar-refractivity contribution in [2.45, 2.75) is 32.4 Å². The summed E-state index contributed by atoms with van der Waals surface area (Å²) in [5, 5.41) is 0. The number of anilines is 1. The zero-order valence-corrected chi connectivity index (χ0v) is 14.2. The van der Waals surface area contributed by atoms with Gasteiger partial charge in [0.15, 0.2) is 0 Å². The lowest BCUT2D eigenvalue weighted by Crippen LogP contribution is -2.16. The Labute approximate surface area is 133 Å². The van der Waals surface area contributed by atoms with E-state index < -0.39 is 5.67 Å². The summed E-state index contributed by atoms with van der Waals surface area (Å²) in [5.74, 6) is 0.0453. The van der Waals surface area contributed by atoms with Gasteiger partial charge in [0.05, 0.1) is 21.8 Å². The highest BCUT2D eigenvalue weighted by Crippen LogP contribution is 2.29. The van der Waals surface area contributed by atoms with E-state index in [-0.39, 0.29) is 11.8 Å². The predicted octanol–water partition coefficient (Wildman–Crippen LogP) is 3.08. The van der Waals surface area contributed by atoms with E-state index in [1.165, 1.54) is 13.8 Å². The number of halogens is 3. The molecule has 0 aromatic carbocycles. The normalized spacial score (nSPS) is 15.2. The Hall–Kier alpha value is -1.02. The van der Waals surface area contributed by atoms with Crippen molar-refractivity contribution in [1.82, 2.24) is 8.91 Å². The van der Waals surface area contributed by atoms with Crippen molar-refractivity contribution in [3.8, 4) is 0 Å². The van der Waals surface area contributed by atoms with Crippen LogP contribution in [0.5, 0.6) is 0 Å². The lowest BCUT2D eigenvalue weighted by molar-refractivity contribution is -0.131. The maximum atomic E-state index is 13.4. The van der Waals surface area contributed by atoms with E-state index in [1.54, 1.807) is 12.1 Å². The minimum Gasteiger partial charge on any atom is -0.384 e. The number of nitrogens with two attached hydrogens (primary N) is 1. The lowest BCUT2D eigenvalue weighted by Gasteiger charge is -2.15. The van der Waals surface area contributed by atoms with E-state index >= 15 is 0 Å². The number of rotatable bonds is 1. The second-order valence-electron chi connectivity index (χ2n) is 4.61. The summed E-state index contributed by atoms with van der Waals surface area (Å²) in [6.07, 6.45) is 0.703. The summed E-state index contributed by atoms with van der Waals surface area (Å²) in [4.78, 5) is 24.8. The third-order valence-electron chi connectivity index (χ3n) is 2.42. The van der Waals surface area contributed by atoms with Crippen LogP contribution in [0.2, 0.25) is 0 Å². The Morgan fingerprint density at radius 3 is 2.10 bits per heavy atom. The fourth-order valence-electron chi connectivity index (χ4n) is 1.42. The molecule has 0 spiro atoms. The molecule has 0 aliphatic carbocycles. The highest BCUT2D eigenvalue weighted by atomic mass is 79.9. The number of nitrogens with zero attached hydrogens (tertiary/aromatic N) is 2. The molecule has 1 aliphatic heterocycles. The van der Waals surface area contributed by atoms with Crippen LogP contribution in [0.4, 0.5) is 10.2 Å². The highest BCUT2D eigenvalue weighted by Gasteiger charge is 2.26. The van der Waals surface area contributed by atoms with Crippen LogP contribution in [-0.4, -0.2) is 20.7 Å². The Kier molecular flexibility index (Phi) is 5.64. The van der Waals surface area contributed by atoms with Gasteiger partial charge in [0.1, 0.15) is 11.5 Å². The summed E-state index contributed by atoms with van der Waals surface area (Å²) < 4.78 is 15.0. The molecule has 20 heavy (non-hydrogen) atoms. The first kappa shape index (κ1) is 17.0. The summed E-state index contributed by atoms with van der Waals surface area (Å²) in [7, 11) is 0. The summed E-state index contributed by atoms with van der Waals surface area (Å²) in [6.45, 7) is 2.89. The fourth-order valence-corrected chi connectivity index (χ4v) is 2.47. The van der Waals surface area contributed by atoms with Gasteiger partial charge in [0, 0.05) is 17.3 Å². The molecule has 2 amide bonds. The van der Waals surface area contributed by atoms with Crippen molar-refractivity contribution < 1.29 is 14.0 Å². The third-order valence-corrected chi connectivity index (χ3v) is 3.85. The zero-order valence-electron chi connectivity index (χ0n) is 11.0. The topological polar surface area (TPSA) is 76.3 Å². The molecule has 2 N–H and O–H groups in total. The van der Waals surface area contributed by atoms with Crippen LogP contribution in [0.25, 0.3) is 0 Å². The van der Waals surface area contributed by atoms with Gasteiger partial charge in [0.2, 0.25) is 11.8 Å². The summed E-state index contributed by atoms with van der Waals surface area (Å²) >= 11 is 6.01. The van der Waals surface area contributed by atoms with Gasteiger partial charge in [-0.25, -0.2) is 13.3 Å². The molecule has 1 aliphatic rings. The molecule has 0 atom stereocenters. The molecule has 0 saturated carbocycles. The van der Waals surface area contributed by atoms with Crippen LogP contribution in [0.3, 0.4) is 0 Å². The zero-order chi connectivity index (χ0) is 15.5. The van der Waals surface area contributed by atoms with E-state index in [9.17, 15) is 14.0 Å². The number of hydrogen-bond acceptors (Lipinski definition) is 4. The largest absolute Gasteiger partial charge is 0.384 e. The molecule has 1 aromatic rings. The van der Waals surface area contributed by atoms with Crippen molar-refractivity contribution in [3.63, 3.8) is 0 Å². The van der Waals surface area contributed by atoms with Crippen LogP contribution in [0.1, 0.15) is 32.4 Å². The second-order valence-corrected chi connectivity index (χ2v) is 6.17. The average molecular weight is 411 g/mol. The van der Waals surface area contributed by atoms with Gasteiger partial charge in [-0.05, 0) is 41.9 Å². The molecule has 2 heterocycles. The first-order valence-electron chi connectivity index (χ1n) is 5.76. The number of alkyl halides is 1. The first-order valence-corrected chi connectivity index (χ1v) is 7.26. The molecule has 110 valence electrons. The number of carbonyl (C=O) groups excluding carboxylic acids is 2. The minimum absolute atomic E-state index is 0.144. The van der Waals surface area contributed by atoms with Crippen molar-refractivity contribution in [2.75, 3.05) is 5.73 Å². The number of hydrogen-bond donors (Lipinski definition) is 1. The van der Waals surface area contributed by atoms with E-state index in [0.29, 0.717) is 28.8 Å². The predicted molar refractivity (Wildman–Crippen MR) is 80.5 cm³/mol. The number of imide groups is 1. The molecule has 0 bridgehead atoms. The standard InChI is InChI=1S/C8H10BrFN2.C4H4BrNO2/c1-8(2,10)7-5(9)3-4-6(11)12-7;5-6-3(7)1-2-4(6)8/h3-4H,1-2H3,(H2,11,12);1-2H2. The number of pyridine rings is 1. The Bertz CT molecular complexity index is 516. The van der Waals surface area contributed by atoms with E-state index in [4.69, 9.17) is 5.73 Å². The highest BCUT2D eigenvalue weighted by molar-refractivity contribution is 9.10. The van der Waals surface area contributed by atoms with Crippen LogP contribution < -0.4 is 5.73 Å². The van der Waals surface area contributed by atoms with E-state index in [2.05, 4.69) is 37.1 Å². The van der Waals surface area contributed by atoms with E-state index in [0.717, 1.165) is 3.93 Å². The fraction of sp³-hybridized carbons (Fsp3) is 0.417. The number of aromatic nitrogens is 1. The van der Waals surface area contributed by atoms with Crippen molar-refractivity contribution in [3.05, 3.63) is 22.3 Å². The smallest absolute Gasteiger partial charge is 0.239 e. The van der Waals surface area contributed by atoms with Crippen molar-refractivity contribution >= 4 is 49.7 Å². The number of carbonyl (C=O) groups is 2. The van der Waals surface area contributed by atoms with Crippen LogP contribution >= 0.6 is 32.1 Å². The van der Waals surface area contributed by atoms with Crippen LogP contribution in [0.15, 0.2) is 16.6 Å². The molecule has 0 radical (unpaired) electrons. The monoisotopic (exact) mass is 409 g/mol. The van der Waals surface area contributed by atoms with Gasteiger partial charge in [-0.15, -0.1) is 0 Å². The Morgan fingerprint density at radius 1 is 1.30 bits per heavy atom. The van der Waals surface area contributed by atoms with Crippen molar-refractivity contribution in [2.24, 2.45) is 0 Å². The van der Waals surface area contributed by atoms with Gasteiger partial charge in [0.25, 0.3) is 0 Å². The molecular weight excluding hydrogens is 397 g/mol. The molecule has 1 saturated heterocycles. The van der Waals surface area contributed by atoms with E-state index in [1.807, 2.05) is 0 Å². The maximum Gasteiger partial charge on any atom is 0.239 e. The van der Waals surface area contributed by atoms with Crippen LogP contribution in [-0.2, 0) is 15.3 Å². The summed E-state index contributed by atoms with van der Waals surface area (Å²) in [6, 6.07) is 3.32. The van der Waals surface area contributed by atoms with Crippen molar-refractivity contribution in [1.29, 1.82) is 0 Å². The molecule has 2 rings (SSSR count). The molecule has 0 unspecified atom stereocenters. The second kappa shape index (κ2) is 6.62. The minimum atomic E-state index is -1.46. The average Bonchev–Trinajstić information content (AvgIpc) is 2.63. The molecule has 8 heteroatoms. The molecule has 5 nitrogen and oxygen atoms in total. The van der Waals surface area contributed by atoms with Gasteiger partial charge in [-0.2, -0.15) is 0 Å². The SMILES string of the molecule is CC(C)(F)c1nc(N)ccc1Br.O=C1CCC(=O)N1Br.